The van der Waals surface area contributed by atoms with Crippen LogP contribution in [0.3, 0.4) is 0 Å². The second-order valence-electron chi connectivity index (χ2n) is 5.36. The summed E-state index contributed by atoms with van der Waals surface area (Å²) in [6, 6.07) is 4.36. The van der Waals surface area contributed by atoms with Crippen LogP contribution in [0.15, 0.2) is 18.2 Å². The Morgan fingerprint density at radius 3 is 2.62 bits per heavy atom. The maximum absolute atomic E-state index is 11.9. The van der Waals surface area contributed by atoms with Crippen LogP contribution in [-0.2, 0) is 11.4 Å². The zero-order chi connectivity index (χ0) is 16.0. The molecule has 3 N–H and O–H groups in total. The van der Waals surface area contributed by atoms with Crippen LogP contribution in [0.2, 0.25) is 0 Å². The number of anilines is 1. The third-order valence-electron chi connectivity index (χ3n) is 3.11. The Balaban J connectivity index is 2.91. The van der Waals surface area contributed by atoms with Gasteiger partial charge in [0.25, 0.3) is 5.69 Å². The van der Waals surface area contributed by atoms with Gasteiger partial charge in [0.15, 0.2) is 0 Å². The predicted molar refractivity (Wildman–Crippen MR) is 80.0 cm³/mol. The van der Waals surface area contributed by atoms with Crippen LogP contribution in [0.1, 0.15) is 26.3 Å². The van der Waals surface area contributed by atoms with Gasteiger partial charge < -0.3 is 15.7 Å². The molecule has 0 bridgehead atoms. The van der Waals surface area contributed by atoms with Crippen LogP contribution in [0.5, 0.6) is 0 Å². The third-order valence-corrected chi connectivity index (χ3v) is 3.11. The summed E-state index contributed by atoms with van der Waals surface area (Å²) in [4.78, 5) is 22.4. The lowest BCUT2D eigenvalue weighted by molar-refractivity contribution is -0.384. The average molecular weight is 295 g/mol. The number of nitro benzene ring substituents is 1. The molecule has 7 nitrogen and oxygen atoms in total. The van der Waals surface area contributed by atoms with E-state index in [9.17, 15) is 14.9 Å². The summed E-state index contributed by atoms with van der Waals surface area (Å²) in [6.07, 6.45) is 0. The summed E-state index contributed by atoms with van der Waals surface area (Å²) >= 11 is 0. The average Bonchev–Trinajstić information content (AvgIpc) is 2.44. The first-order valence-electron chi connectivity index (χ1n) is 6.72. The third kappa shape index (κ3) is 4.42. The summed E-state index contributed by atoms with van der Waals surface area (Å²) in [5, 5.41) is 25.8. The maximum Gasteiger partial charge on any atom is 0.292 e. The molecule has 1 amide bonds. The topological polar surface area (TPSA) is 104 Å². The molecule has 1 rings (SSSR count). The predicted octanol–water partition coefficient (Wildman–Crippen LogP) is 1.66. The molecule has 0 saturated carbocycles. The number of rotatable bonds is 7. The highest BCUT2D eigenvalue weighted by molar-refractivity contribution is 5.82. The number of carbonyl (C=O) groups excluding carboxylic acids is 1. The van der Waals surface area contributed by atoms with E-state index in [4.69, 9.17) is 5.11 Å². The number of carbonyl (C=O) groups is 1. The maximum atomic E-state index is 11.9. The van der Waals surface area contributed by atoms with E-state index in [-0.39, 0.29) is 24.7 Å². The Kier molecular flexibility index (Phi) is 5.66. The lowest BCUT2D eigenvalue weighted by Crippen LogP contribution is -2.41. The van der Waals surface area contributed by atoms with Gasteiger partial charge in [0.1, 0.15) is 5.69 Å². The van der Waals surface area contributed by atoms with Crippen molar-refractivity contribution in [3.05, 3.63) is 33.9 Å². The van der Waals surface area contributed by atoms with Crippen LogP contribution >= 0.6 is 0 Å². The smallest absolute Gasteiger partial charge is 0.292 e. The van der Waals surface area contributed by atoms with Crippen LogP contribution < -0.4 is 10.6 Å². The molecule has 0 atom stereocenters. The Bertz CT molecular complexity index is 529. The van der Waals surface area contributed by atoms with Gasteiger partial charge >= 0.3 is 0 Å². The lowest BCUT2D eigenvalue weighted by atomic mass is 9.92. The number of nitrogens with zero attached hydrogens (tertiary/aromatic N) is 1. The first kappa shape index (κ1) is 16.9. The Hall–Kier alpha value is -2.15. The standard InChI is InChI=1S/C14H21N3O4/c1-4-15-13(19)14(2,3)9-16-11-7-10(8-18)5-6-12(11)17(20)21/h5-7,16,18H,4,8-9H2,1-3H3,(H,15,19). The quantitative estimate of drug-likeness (QED) is 0.524. The van der Waals surface area contributed by atoms with Crippen molar-refractivity contribution in [2.24, 2.45) is 5.41 Å². The van der Waals surface area contributed by atoms with Gasteiger partial charge in [-0.05, 0) is 38.5 Å². The van der Waals surface area contributed by atoms with Crippen LogP contribution in [0.25, 0.3) is 0 Å². The van der Waals surface area contributed by atoms with Crippen molar-refractivity contribution in [3.8, 4) is 0 Å². The van der Waals surface area contributed by atoms with Gasteiger partial charge in [0, 0.05) is 19.2 Å². The van der Waals surface area contributed by atoms with Crippen molar-refractivity contribution in [2.75, 3.05) is 18.4 Å². The molecule has 0 spiro atoms. The molecule has 0 unspecified atom stereocenters. The molecule has 116 valence electrons. The zero-order valence-electron chi connectivity index (χ0n) is 12.5. The summed E-state index contributed by atoms with van der Waals surface area (Å²) in [5.41, 5.74) is 0.0702. The van der Waals surface area contributed by atoms with Crippen LogP contribution in [0.4, 0.5) is 11.4 Å². The fourth-order valence-electron chi connectivity index (χ4n) is 1.78. The second kappa shape index (κ2) is 7.03. The number of aliphatic hydroxyl groups excluding tert-OH is 1. The molecule has 0 fully saturated rings. The molecule has 1 aromatic rings. The molecular formula is C14H21N3O4. The van der Waals surface area contributed by atoms with Gasteiger partial charge in [0.2, 0.25) is 5.91 Å². The number of hydrogen-bond acceptors (Lipinski definition) is 5. The molecule has 0 aliphatic heterocycles. The van der Waals surface area contributed by atoms with E-state index in [0.717, 1.165) is 0 Å². The van der Waals surface area contributed by atoms with Crippen molar-refractivity contribution in [2.45, 2.75) is 27.4 Å². The normalized spacial score (nSPS) is 11.0. The molecule has 7 heteroatoms. The minimum Gasteiger partial charge on any atom is -0.392 e. The molecule has 0 aromatic heterocycles. The number of aliphatic hydroxyl groups is 1. The molecule has 1 aromatic carbocycles. The van der Waals surface area contributed by atoms with E-state index in [0.29, 0.717) is 17.8 Å². The van der Waals surface area contributed by atoms with E-state index < -0.39 is 10.3 Å². The molecule has 0 aliphatic rings. The van der Waals surface area contributed by atoms with Gasteiger partial charge in [-0.3, -0.25) is 14.9 Å². The number of hydrogen-bond donors (Lipinski definition) is 3. The molecular weight excluding hydrogens is 274 g/mol. The van der Waals surface area contributed by atoms with Crippen molar-refractivity contribution >= 4 is 17.3 Å². The van der Waals surface area contributed by atoms with E-state index in [1.54, 1.807) is 13.8 Å². The molecule has 0 radical (unpaired) electrons. The highest BCUT2D eigenvalue weighted by Crippen LogP contribution is 2.27. The van der Waals surface area contributed by atoms with Gasteiger partial charge in [-0.15, -0.1) is 0 Å². The van der Waals surface area contributed by atoms with Crippen LogP contribution in [0, 0.1) is 15.5 Å². The second-order valence-corrected chi connectivity index (χ2v) is 5.36. The zero-order valence-corrected chi connectivity index (χ0v) is 12.5. The first-order chi connectivity index (χ1) is 9.81. The molecule has 0 aliphatic carbocycles. The van der Waals surface area contributed by atoms with Gasteiger partial charge in [-0.2, -0.15) is 0 Å². The van der Waals surface area contributed by atoms with Gasteiger partial charge in [-0.25, -0.2) is 0 Å². The van der Waals surface area contributed by atoms with E-state index in [1.165, 1.54) is 18.2 Å². The number of amides is 1. The van der Waals surface area contributed by atoms with Crippen molar-refractivity contribution < 1.29 is 14.8 Å². The number of nitrogens with one attached hydrogen (secondary N) is 2. The Morgan fingerprint density at radius 2 is 2.10 bits per heavy atom. The summed E-state index contributed by atoms with van der Waals surface area (Å²) in [6.45, 7) is 5.92. The van der Waals surface area contributed by atoms with Gasteiger partial charge in [0.05, 0.1) is 16.9 Å². The summed E-state index contributed by atoms with van der Waals surface area (Å²) in [5.74, 6) is -0.126. The highest BCUT2D eigenvalue weighted by Gasteiger charge is 2.27. The van der Waals surface area contributed by atoms with Crippen LogP contribution in [-0.4, -0.2) is 29.0 Å². The summed E-state index contributed by atoms with van der Waals surface area (Å²) < 4.78 is 0. The number of benzene rings is 1. The largest absolute Gasteiger partial charge is 0.392 e. The minimum absolute atomic E-state index is 0.0844. The Labute approximate surface area is 123 Å². The molecule has 0 saturated heterocycles. The van der Waals surface area contributed by atoms with E-state index in [1.807, 2.05) is 6.92 Å². The minimum atomic E-state index is -0.709. The monoisotopic (exact) mass is 295 g/mol. The SMILES string of the molecule is CCNC(=O)C(C)(C)CNc1cc(CO)ccc1[N+](=O)[O-]. The van der Waals surface area contributed by atoms with E-state index in [2.05, 4.69) is 10.6 Å². The van der Waals surface area contributed by atoms with Gasteiger partial charge in [-0.1, -0.05) is 0 Å². The fourth-order valence-corrected chi connectivity index (χ4v) is 1.78. The van der Waals surface area contributed by atoms with Crippen molar-refractivity contribution in [3.63, 3.8) is 0 Å². The fraction of sp³-hybridized carbons (Fsp3) is 0.500. The molecule has 21 heavy (non-hydrogen) atoms. The number of nitro groups is 1. The first-order valence-corrected chi connectivity index (χ1v) is 6.72. The summed E-state index contributed by atoms with van der Waals surface area (Å²) in [7, 11) is 0. The Morgan fingerprint density at radius 1 is 1.43 bits per heavy atom. The lowest BCUT2D eigenvalue weighted by Gasteiger charge is -2.24. The van der Waals surface area contributed by atoms with Crippen molar-refractivity contribution in [1.29, 1.82) is 0 Å². The van der Waals surface area contributed by atoms with E-state index >= 15 is 0 Å². The molecule has 0 heterocycles. The highest BCUT2D eigenvalue weighted by atomic mass is 16.6. The van der Waals surface area contributed by atoms with Crippen molar-refractivity contribution in [1.82, 2.24) is 5.32 Å².